The molecule has 0 aliphatic carbocycles. The van der Waals surface area contributed by atoms with Crippen LogP contribution >= 0.6 is 11.8 Å². The van der Waals surface area contributed by atoms with E-state index in [4.69, 9.17) is 9.84 Å². The van der Waals surface area contributed by atoms with Crippen LogP contribution in [0.4, 0.5) is 4.39 Å². The molecule has 1 aromatic carbocycles. The van der Waals surface area contributed by atoms with Crippen molar-refractivity contribution in [3.05, 3.63) is 35.1 Å². The minimum atomic E-state index is -0.234. The molecular weight excluding hydrogens is 239 g/mol. The Hall–Kier alpha value is -1.02. The summed E-state index contributed by atoms with van der Waals surface area (Å²) >= 11 is 1.71. The molecule has 1 saturated heterocycles. The van der Waals surface area contributed by atoms with Crippen LogP contribution in [0.2, 0.25) is 0 Å². The van der Waals surface area contributed by atoms with Crippen LogP contribution in [0.25, 0.3) is 0 Å². The molecule has 0 unspecified atom stereocenters. The molecule has 1 heterocycles. The molecule has 1 N–H and O–H groups in total. The van der Waals surface area contributed by atoms with Crippen LogP contribution in [-0.4, -0.2) is 30.2 Å². The number of hydrogen-bond donors (Lipinski definition) is 1. The molecule has 0 atom stereocenters. The summed E-state index contributed by atoms with van der Waals surface area (Å²) < 4.78 is 18.7. The van der Waals surface area contributed by atoms with Gasteiger partial charge in [0.05, 0.1) is 18.5 Å². The molecule has 0 bridgehead atoms. The van der Waals surface area contributed by atoms with Gasteiger partial charge in [-0.15, -0.1) is 11.8 Å². The van der Waals surface area contributed by atoms with E-state index in [1.54, 1.807) is 23.9 Å². The molecule has 2 rings (SSSR count). The zero-order valence-electron chi connectivity index (χ0n) is 9.28. The summed E-state index contributed by atoms with van der Waals surface area (Å²) in [5.74, 6) is 5.61. The zero-order chi connectivity index (χ0) is 12.1. The van der Waals surface area contributed by atoms with E-state index < -0.39 is 0 Å². The summed E-state index contributed by atoms with van der Waals surface area (Å²) in [7, 11) is 0. The molecule has 4 heteroatoms. The molecule has 2 nitrogen and oxygen atoms in total. The van der Waals surface area contributed by atoms with Crippen molar-refractivity contribution in [2.45, 2.75) is 11.0 Å². The largest absolute Gasteiger partial charge is 0.384 e. The monoisotopic (exact) mass is 252 g/mol. The van der Waals surface area contributed by atoms with Gasteiger partial charge in [0.2, 0.25) is 0 Å². The highest BCUT2D eigenvalue weighted by atomic mass is 32.2. The normalized spacial score (nSPS) is 14.9. The van der Waals surface area contributed by atoms with Crippen LogP contribution in [0.15, 0.2) is 18.2 Å². The molecule has 0 spiro atoms. The van der Waals surface area contributed by atoms with Crippen LogP contribution in [-0.2, 0) is 10.5 Å². The predicted octanol–water partition coefficient (Wildman–Crippen LogP) is 1.80. The molecule has 0 amide bonds. The van der Waals surface area contributed by atoms with Crippen LogP contribution in [0.3, 0.4) is 0 Å². The molecular formula is C13H13FO2S. The highest BCUT2D eigenvalue weighted by molar-refractivity contribution is 7.99. The topological polar surface area (TPSA) is 29.5 Å². The second kappa shape index (κ2) is 6.06. The Bertz CT molecular complexity index is 446. The standard InChI is InChI=1S/C13H13FO2S/c14-13-6-10(2-1-5-15)3-4-11(13)9-17-12-7-16-8-12/h3-4,6,12,15H,5,7-9H2. The van der Waals surface area contributed by atoms with Crippen LogP contribution in [0, 0.1) is 17.7 Å². The van der Waals surface area contributed by atoms with Gasteiger partial charge < -0.3 is 9.84 Å². The van der Waals surface area contributed by atoms with E-state index in [-0.39, 0.29) is 12.4 Å². The average molecular weight is 252 g/mol. The van der Waals surface area contributed by atoms with Gasteiger partial charge in [-0.05, 0) is 17.7 Å². The first-order valence-electron chi connectivity index (χ1n) is 5.37. The Kier molecular flexibility index (Phi) is 4.43. The molecule has 0 saturated carbocycles. The number of rotatable bonds is 3. The Morgan fingerprint density at radius 2 is 2.29 bits per heavy atom. The third-order valence-corrected chi connectivity index (χ3v) is 3.67. The molecule has 1 aliphatic rings. The van der Waals surface area contributed by atoms with Gasteiger partial charge in [0.25, 0.3) is 0 Å². The molecule has 1 aliphatic heterocycles. The first-order valence-corrected chi connectivity index (χ1v) is 6.42. The van der Waals surface area contributed by atoms with Crippen molar-refractivity contribution < 1.29 is 14.2 Å². The third-order valence-electron chi connectivity index (χ3n) is 2.45. The van der Waals surface area contributed by atoms with Crippen molar-refractivity contribution >= 4 is 11.8 Å². The van der Waals surface area contributed by atoms with Crippen LogP contribution in [0.1, 0.15) is 11.1 Å². The minimum absolute atomic E-state index is 0.207. The number of benzene rings is 1. The van der Waals surface area contributed by atoms with Crippen molar-refractivity contribution in [3.63, 3.8) is 0 Å². The maximum Gasteiger partial charge on any atom is 0.128 e. The van der Waals surface area contributed by atoms with Gasteiger partial charge in [-0.1, -0.05) is 17.9 Å². The van der Waals surface area contributed by atoms with E-state index in [0.717, 1.165) is 13.2 Å². The quantitative estimate of drug-likeness (QED) is 0.832. The van der Waals surface area contributed by atoms with E-state index in [1.165, 1.54) is 6.07 Å². The van der Waals surface area contributed by atoms with Crippen molar-refractivity contribution in [3.8, 4) is 11.8 Å². The fourth-order valence-electron chi connectivity index (χ4n) is 1.40. The van der Waals surface area contributed by atoms with Gasteiger partial charge in [-0.3, -0.25) is 0 Å². The fraction of sp³-hybridized carbons (Fsp3) is 0.385. The van der Waals surface area contributed by atoms with Gasteiger partial charge in [-0.2, -0.15) is 0 Å². The number of ether oxygens (including phenoxy) is 1. The lowest BCUT2D eigenvalue weighted by Gasteiger charge is -2.25. The maximum atomic E-state index is 13.7. The minimum Gasteiger partial charge on any atom is -0.384 e. The van der Waals surface area contributed by atoms with Gasteiger partial charge in [0.1, 0.15) is 12.4 Å². The zero-order valence-corrected chi connectivity index (χ0v) is 10.1. The lowest BCUT2D eigenvalue weighted by molar-refractivity contribution is 0.0455. The Balaban J connectivity index is 1.97. The van der Waals surface area contributed by atoms with Crippen LogP contribution < -0.4 is 0 Å². The fourth-order valence-corrected chi connectivity index (χ4v) is 2.44. The SMILES string of the molecule is OCC#Cc1ccc(CSC2COC2)c(F)c1. The number of aliphatic hydroxyl groups excluding tert-OH is 1. The van der Waals surface area contributed by atoms with Gasteiger partial charge in [0, 0.05) is 11.3 Å². The van der Waals surface area contributed by atoms with E-state index in [0.29, 0.717) is 22.1 Å². The van der Waals surface area contributed by atoms with Crippen molar-refractivity contribution in [1.82, 2.24) is 0 Å². The van der Waals surface area contributed by atoms with Gasteiger partial charge in [-0.25, -0.2) is 4.39 Å². The molecule has 90 valence electrons. The summed E-state index contributed by atoms with van der Waals surface area (Å²) in [6, 6.07) is 4.94. The number of thioether (sulfide) groups is 1. The molecule has 17 heavy (non-hydrogen) atoms. The molecule has 1 fully saturated rings. The summed E-state index contributed by atoms with van der Waals surface area (Å²) in [6.07, 6.45) is 0. The summed E-state index contributed by atoms with van der Waals surface area (Å²) in [6.45, 7) is 1.33. The van der Waals surface area contributed by atoms with E-state index in [9.17, 15) is 4.39 Å². The first kappa shape index (κ1) is 12.4. The van der Waals surface area contributed by atoms with E-state index >= 15 is 0 Å². The molecule has 1 aromatic rings. The van der Waals surface area contributed by atoms with E-state index in [1.807, 2.05) is 0 Å². The second-order valence-corrected chi connectivity index (χ2v) is 5.03. The Morgan fingerprint density at radius 3 is 2.88 bits per heavy atom. The number of halogens is 1. The van der Waals surface area contributed by atoms with Gasteiger partial charge in [0.15, 0.2) is 0 Å². The maximum absolute atomic E-state index is 13.7. The first-order chi connectivity index (χ1) is 8.29. The number of aliphatic hydroxyl groups is 1. The van der Waals surface area contributed by atoms with Crippen LogP contribution in [0.5, 0.6) is 0 Å². The molecule has 0 radical (unpaired) electrons. The lowest BCUT2D eigenvalue weighted by atomic mass is 10.1. The number of hydrogen-bond acceptors (Lipinski definition) is 3. The van der Waals surface area contributed by atoms with E-state index in [2.05, 4.69) is 11.8 Å². The molecule has 0 aromatic heterocycles. The average Bonchev–Trinajstić information content (AvgIpc) is 2.27. The van der Waals surface area contributed by atoms with Crippen molar-refractivity contribution in [2.24, 2.45) is 0 Å². The second-order valence-electron chi connectivity index (χ2n) is 3.74. The lowest BCUT2D eigenvalue weighted by Crippen LogP contribution is -2.30. The van der Waals surface area contributed by atoms with Gasteiger partial charge >= 0.3 is 0 Å². The summed E-state index contributed by atoms with van der Waals surface area (Å²) in [4.78, 5) is 0. The third kappa shape index (κ3) is 3.47. The highest BCUT2D eigenvalue weighted by Gasteiger charge is 2.19. The smallest absolute Gasteiger partial charge is 0.128 e. The summed E-state index contributed by atoms with van der Waals surface area (Å²) in [5.41, 5.74) is 1.29. The Labute approximate surface area is 104 Å². The van der Waals surface area contributed by atoms with Crippen molar-refractivity contribution in [1.29, 1.82) is 0 Å². The summed E-state index contributed by atoms with van der Waals surface area (Å²) in [5, 5.41) is 9.05. The Morgan fingerprint density at radius 1 is 1.47 bits per heavy atom. The highest BCUT2D eigenvalue weighted by Crippen LogP contribution is 2.24. The van der Waals surface area contributed by atoms with Crippen molar-refractivity contribution in [2.75, 3.05) is 19.8 Å². The predicted molar refractivity (Wildman–Crippen MR) is 66.3 cm³/mol.